The molecule has 1 aliphatic carbocycles. The van der Waals surface area contributed by atoms with Crippen molar-refractivity contribution < 1.29 is 15.0 Å². The Hall–Kier alpha value is -0.910. The normalized spacial score (nSPS) is 27.4. The highest BCUT2D eigenvalue weighted by atomic mass is 79.9. The molecule has 0 spiro atoms. The van der Waals surface area contributed by atoms with Gasteiger partial charge in [0.05, 0.1) is 12.5 Å². The molecule has 0 amide bonds. The van der Waals surface area contributed by atoms with E-state index in [1.807, 2.05) is 24.3 Å². The molecule has 0 radical (unpaired) electrons. The van der Waals surface area contributed by atoms with Crippen molar-refractivity contribution >= 4 is 21.9 Å². The van der Waals surface area contributed by atoms with Crippen LogP contribution < -0.4 is 0 Å². The quantitative estimate of drug-likeness (QED) is 0.732. The van der Waals surface area contributed by atoms with E-state index in [0.717, 1.165) is 35.8 Å². The lowest BCUT2D eigenvalue weighted by Gasteiger charge is -2.48. The molecule has 2 rings (SSSR count). The number of benzene rings is 1. The van der Waals surface area contributed by atoms with Gasteiger partial charge >= 0.3 is 5.97 Å². The fourth-order valence-electron chi connectivity index (χ4n) is 4.07. The van der Waals surface area contributed by atoms with Crippen LogP contribution in [0.3, 0.4) is 0 Å². The Labute approximate surface area is 153 Å². The average Bonchev–Trinajstić information content (AvgIpc) is 2.55. The first-order valence-corrected chi connectivity index (χ1v) is 9.54. The smallest absolute Gasteiger partial charge is 0.307 e. The van der Waals surface area contributed by atoms with Gasteiger partial charge in [0.1, 0.15) is 0 Å². The van der Waals surface area contributed by atoms with E-state index in [-0.39, 0.29) is 24.0 Å². The summed E-state index contributed by atoms with van der Waals surface area (Å²) >= 11 is 3.45. The van der Waals surface area contributed by atoms with E-state index in [1.165, 1.54) is 0 Å². The van der Waals surface area contributed by atoms with Gasteiger partial charge in [0.25, 0.3) is 0 Å². The summed E-state index contributed by atoms with van der Waals surface area (Å²) in [5, 5.41) is 19.1. The lowest BCUT2D eigenvalue weighted by Crippen LogP contribution is -2.52. The van der Waals surface area contributed by atoms with Crippen LogP contribution in [-0.2, 0) is 4.79 Å². The summed E-state index contributed by atoms with van der Waals surface area (Å²) in [5.41, 5.74) is 1.03. The number of rotatable bonds is 7. The highest BCUT2D eigenvalue weighted by Gasteiger charge is 2.44. The van der Waals surface area contributed by atoms with E-state index in [4.69, 9.17) is 0 Å². The van der Waals surface area contributed by atoms with Crippen LogP contribution in [0.15, 0.2) is 28.7 Å². The van der Waals surface area contributed by atoms with Gasteiger partial charge in [0.2, 0.25) is 0 Å². The minimum Gasteiger partial charge on any atom is -0.481 e. The van der Waals surface area contributed by atoms with E-state index >= 15 is 0 Å². The third-order valence-electron chi connectivity index (χ3n) is 5.38. The largest absolute Gasteiger partial charge is 0.481 e. The van der Waals surface area contributed by atoms with Crippen molar-refractivity contribution in [1.29, 1.82) is 0 Å². The third-order valence-corrected chi connectivity index (χ3v) is 5.91. The molecule has 0 heterocycles. The molecule has 1 saturated carbocycles. The first kappa shape index (κ1) is 19.4. The summed E-state index contributed by atoms with van der Waals surface area (Å²) in [6.45, 7) is 6.09. The molecule has 1 aliphatic rings. The van der Waals surface area contributed by atoms with Crippen LogP contribution in [0.2, 0.25) is 0 Å². The van der Waals surface area contributed by atoms with E-state index in [2.05, 4.69) is 34.7 Å². The van der Waals surface area contributed by atoms with Gasteiger partial charge in [-0.25, -0.2) is 0 Å². The summed E-state index contributed by atoms with van der Waals surface area (Å²) in [5.74, 6) is -1.03. The van der Waals surface area contributed by atoms with Gasteiger partial charge in [-0.15, -0.1) is 0 Å². The van der Waals surface area contributed by atoms with E-state index < -0.39 is 5.97 Å². The number of β-amino-alcohol motifs (C(OH)–C–C–N with tert-alkyl or cyclic N) is 1. The Morgan fingerprint density at radius 3 is 2.54 bits per heavy atom. The standard InChI is InChI=1S/C19H28BrNO3/c1-3-10-21(11-12-22)19(2)9-8-16(18(23)24)17(13-19)14-4-6-15(20)7-5-14/h4-7,16-17,22H,3,8-13H2,1-2H3,(H,23,24)/t16?,17-,19?/m0/s1. The van der Waals surface area contributed by atoms with E-state index in [9.17, 15) is 15.0 Å². The molecule has 0 saturated heterocycles. The molecule has 1 aromatic carbocycles. The van der Waals surface area contributed by atoms with Crippen molar-refractivity contribution in [3.63, 3.8) is 0 Å². The first-order valence-electron chi connectivity index (χ1n) is 8.75. The number of carboxylic acid groups (broad SMARTS) is 1. The van der Waals surface area contributed by atoms with Crippen molar-refractivity contribution in [3.8, 4) is 0 Å². The van der Waals surface area contributed by atoms with Crippen LogP contribution in [0, 0.1) is 5.92 Å². The summed E-state index contributed by atoms with van der Waals surface area (Å²) < 4.78 is 1.00. The molecule has 0 bridgehead atoms. The van der Waals surface area contributed by atoms with Crippen LogP contribution >= 0.6 is 15.9 Å². The number of nitrogens with zero attached hydrogens (tertiary/aromatic N) is 1. The maximum Gasteiger partial charge on any atom is 0.307 e. The number of aliphatic carboxylic acids is 1. The fraction of sp³-hybridized carbons (Fsp3) is 0.632. The van der Waals surface area contributed by atoms with Crippen molar-refractivity contribution in [2.45, 2.75) is 51.0 Å². The van der Waals surface area contributed by atoms with Gasteiger partial charge in [0, 0.05) is 16.6 Å². The topological polar surface area (TPSA) is 60.8 Å². The number of carbonyl (C=O) groups is 1. The predicted octanol–water partition coefficient (Wildman–Crippen LogP) is 3.88. The van der Waals surface area contributed by atoms with E-state index in [1.54, 1.807) is 0 Å². The van der Waals surface area contributed by atoms with Crippen LogP contribution in [0.4, 0.5) is 0 Å². The van der Waals surface area contributed by atoms with Crippen LogP contribution in [-0.4, -0.2) is 46.3 Å². The van der Waals surface area contributed by atoms with Gasteiger partial charge in [-0.1, -0.05) is 35.0 Å². The van der Waals surface area contributed by atoms with Gasteiger partial charge in [0.15, 0.2) is 0 Å². The Balaban J connectivity index is 2.29. The number of hydrogen-bond acceptors (Lipinski definition) is 3. The van der Waals surface area contributed by atoms with Crippen LogP contribution in [0.5, 0.6) is 0 Å². The molecule has 1 aromatic rings. The molecular formula is C19H28BrNO3. The Morgan fingerprint density at radius 1 is 1.33 bits per heavy atom. The number of carboxylic acids is 1. The van der Waals surface area contributed by atoms with Crippen molar-refractivity contribution in [2.24, 2.45) is 5.92 Å². The second-order valence-corrected chi connectivity index (χ2v) is 7.97. The molecule has 0 aliphatic heterocycles. The zero-order valence-electron chi connectivity index (χ0n) is 14.5. The highest BCUT2D eigenvalue weighted by Crippen LogP contribution is 2.45. The Bertz CT molecular complexity index is 542. The summed E-state index contributed by atoms with van der Waals surface area (Å²) in [6.07, 6.45) is 3.38. The van der Waals surface area contributed by atoms with Gasteiger partial charge in [-0.2, -0.15) is 0 Å². The fourth-order valence-corrected chi connectivity index (χ4v) is 4.34. The van der Waals surface area contributed by atoms with Gasteiger partial charge < -0.3 is 10.2 Å². The Morgan fingerprint density at radius 2 is 2.00 bits per heavy atom. The minimum absolute atomic E-state index is 0.00685. The van der Waals surface area contributed by atoms with Gasteiger partial charge in [-0.3, -0.25) is 9.69 Å². The molecule has 134 valence electrons. The molecule has 1 fully saturated rings. The second kappa shape index (κ2) is 8.45. The monoisotopic (exact) mass is 397 g/mol. The molecule has 5 heteroatoms. The summed E-state index contributed by atoms with van der Waals surface area (Å²) in [7, 11) is 0. The highest BCUT2D eigenvalue weighted by molar-refractivity contribution is 9.10. The molecule has 2 N–H and O–H groups in total. The number of hydrogen-bond donors (Lipinski definition) is 2. The molecular weight excluding hydrogens is 370 g/mol. The lowest BCUT2D eigenvalue weighted by molar-refractivity contribution is -0.145. The Kier molecular flexibility index (Phi) is 6.84. The predicted molar refractivity (Wildman–Crippen MR) is 99.2 cm³/mol. The van der Waals surface area contributed by atoms with Crippen molar-refractivity contribution in [1.82, 2.24) is 4.90 Å². The minimum atomic E-state index is -0.700. The third kappa shape index (κ3) is 4.38. The molecule has 2 unspecified atom stereocenters. The SMILES string of the molecule is CCCN(CCO)C1(C)CCC(C(=O)O)[C@H](c2ccc(Br)cc2)C1. The number of halogens is 1. The van der Waals surface area contributed by atoms with Crippen LogP contribution in [0.1, 0.15) is 51.0 Å². The number of aliphatic hydroxyl groups is 1. The molecule has 3 atom stereocenters. The maximum atomic E-state index is 11.8. The summed E-state index contributed by atoms with van der Waals surface area (Å²) in [6, 6.07) is 8.04. The van der Waals surface area contributed by atoms with Crippen molar-refractivity contribution in [2.75, 3.05) is 19.7 Å². The van der Waals surface area contributed by atoms with Crippen molar-refractivity contribution in [3.05, 3.63) is 34.3 Å². The van der Waals surface area contributed by atoms with E-state index in [0.29, 0.717) is 13.0 Å². The molecule has 4 nitrogen and oxygen atoms in total. The maximum absolute atomic E-state index is 11.8. The van der Waals surface area contributed by atoms with Crippen LogP contribution in [0.25, 0.3) is 0 Å². The average molecular weight is 398 g/mol. The second-order valence-electron chi connectivity index (χ2n) is 7.05. The zero-order valence-corrected chi connectivity index (χ0v) is 16.1. The zero-order chi connectivity index (χ0) is 17.7. The van der Waals surface area contributed by atoms with Gasteiger partial charge in [-0.05, 0) is 62.8 Å². The molecule has 0 aromatic heterocycles. The summed E-state index contributed by atoms with van der Waals surface area (Å²) in [4.78, 5) is 14.1. The number of aliphatic hydroxyl groups excluding tert-OH is 1. The molecule has 24 heavy (non-hydrogen) atoms. The first-order chi connectivity index (χ1) is 11.4. The lowest BCUT2D eigenvalue weighted by atomic mass is 9.67.